The Morgan fingerprint density at radius 3 is 2.56 bits per heavy atom. The maximum absolute atomic E-state index is 12.5. The summed E-state index contributed by atoms with van der Waals surface area (Å²) in [4.78, 5) is 12.5. The van der Waals surface area contributed by atoms with Crippen LogP contribution in [0.15, 0.2) is 42.5 Å². The third-order valence-electron chi connectivity index (χ3n) is 4.69. The lowest BCUT2D eigenvalue weighted by atomic mass is 9.86. The van der Waals surface area contributed by atoms with Gasteiger partial charge in [0.15, 0.2) is 0 Å². The van der Waals surface area contributed by atoms with E-state index in [1.807, 2.05) is 37.3 Å². The summed E-state index contributed by atoms with van der Waals surface area (Å²) in [5, 5.41) is 3.10. The van der Waals surface area contributed by atoms with Gasteiger partial charge in [-0.15, -0.1) is 0 Å². The zero-order valence-corrected chi connectivity index (χ0v) is 15.6. The highest BCUT2D eigenvalue weighted by molar-refractivity contribution is 5.94. The van der Waals surface area contributed by atoms with Crippen LogP contribution < -0.4 is 10.1 Å². The molecule has 0 fully saturated rings. The third kappa shape index (κ3) is 4.22. The minimum absolute atomic E-state index is 0.0162. The Kier molecular flexibility index (Phi) is 4.85. The Morgan fingerprint density at radius 1 is 1.16 bits per heavy atom. The normalized spacial score (nSPS) is 14.6. The highest BCUT2D eigenvalue weighted by atomic mass is 16.5. The molecule has 1 atom stereocenters. The second kappa shape index (κ2) is 6.91. The van der Waals surface area contributed by atoms with Gasteiger partial charge < -0.3 is 10.1 Å². The van der Waals surface area contributed by atoms with E-state index in [0.717, 1.165) is 25.2 Å². The van der Waals surface area contributed by atoms with Crippen LogP contribution in [0.25, 0.3) is 0 Å². The summed E-state index contributed by atoms with van der Waals surface area (Å²) in [6.45, 7) is 9.34. The van der Waals surface area contributed by atoms with Gasteiger partial charge in [0.2, 0.25) is 0 Å². The maximum atomic E-state index is 12.5. The smallest absolute Gasteiger partial charge is 0.251 e. The molecule has 132 valence electrons. The van der Waals surface area contributed by atoms with Gasteiger partial charge in [-0.2, -0.15) is 0 Å². The summed E-state index contributed by atoms with van der Waals surface area (Å²) in [5.41, 5.74) is 4.55. The van der Waals surface area contributed by atoms with E-state index in [0.29, 0.717) is 5.56 Å². The van der Waals surface area contributed by atoms with Gasteiger partial charge in [0.25, 0.3) is 5.91 Å². The van der Waals surface area contributed by atoms with Crippen LogP contribution in [-0.2, 0) is 18.3 Å². The SMILES string of the molecule is CC(Cc1ccc2c(c1)CCO2)NC(=O)c1ccc(C(C)(C)C)cc1. The Hall–Kier alpha value is -2.29. The summed E-state index contributed by atoms with van der Waals surface area (Å²) >= 11 is 0. The molecule has 1 aliphatic rings. The van der Waals surface area contributed by atoms with Crippen LogP contribution in [0.1, 0.15) is 54.7 Å². The van der Waals surface area contributed by atoms with Crippen LogP contribution in [0, 0.1) is 0 Å². The van der Waals surface area contributed by atoms with Gasteiger partial charge in [0, 0.05) is 18.0 Å². The molecular weight excluding hydrogens is 310 g/mol. The first-order valence-electron chi connectivity index (χ1n) is 8.99. The second-order valence-corrected chi connectivity index (χ2v) is 7.95. The molecule has 0 saturated heterocycles. The van der Waals surface area contributed by atoms with Crippen molar-refractivity contribution in [2.45, 2.75) is 52.0 Å². The summed E-state index contributed by atoms with van der Waals surface area (Å²) in [6.07, 6.45) is 1.79. The van der Waals surface area contributed by atoms with E-state index < -0.39 is 0 Å². The average molecular weight is 337 g/mol. The van der Waals surface area contributed by atoms with Crippen molar-refractivity contribution in [1.82, 2.24) is 5.32 Å². The first-order chi connectivity index (χ1) is 11.8. The molecule has 0 radical (unpaired) electrons. The second-order valence-electron chi connectivity index (χ2n) is 7.95. The van der Waals surface area contributed by atoms with Gasteiger partial charge in [0.05, 0.1) is 6.61 Å². The van der Waals surface area contributed by atoms with Gasteiger partial charge in [-0.1, -0.05) is 45.0 Å². The number of benzene rings is 2. The summed E-state index contributed by atoms with van der Waals surface area (Å²) in [6, 6.07) is 14.3. The summed E-state index contributed by atoms with van der Waals surface area (Å²) in [7, 11) is 0. The zero-order valence-electron chi connectivity index (χ0n) is 15.6. The van der Waals surface area contributed by atoms with Crippen molar-refractivity contribution in [3.05, 3.63) is 64.7 Å². The van der Waals surface area contributed by atoms with Gasteiger partial charge in [-0.25, -0.2) is 0 Å². The molecule has 0 bridgehead atoms. The first-order valence-corrected chi connectivity index (χ1v) is 8.99. The number of carbonyl (C=O) groups excluding carboxylic acids is 1. The van der Waals surface area contributed by atoms with Crippen molar-refractivity contribution in [3.63, 3.8) is 0 Å². The largest absolute Gasteiger partial charge is 0.493 e. The molecule has 0 aromatic heterocycles. The molecule has 3 rings (SSSR count). The minimum Gasteiger partial charge on any atom is -0.493 e. The molecule has 1 heterocycles. The lowest BCUT2D eigenvalue weighted by molar-refractivity contribution is 0.0940. The van der Waals surface area contributed by atoms with Crippen molar-refractivity contribution in [2.75, 3.05) is 6.61 Å². The van der Waals surface area contributed by atoms with Crippen LogP contribution in [-0.4, -0.2) is 18.6 Å². The first kappa shape index (κ1) is 17.5. The van der Waals surface area contributed by atoms with E-state index in [1.54, 1.807) is 0 Å². The summed E-state index contributed by atoms with van der Waals surface area (Å²) in [5.74, 6) is 0.983. The minimum atomic E-state index is -0.0162. The van der Waals surface area contributed by atoms with Crippen LogP contribution in [0.5, 0.6) is 5.75 Å². The fraction of sp³-hybridized carbons (Fsp3) is 0.409. The monoisotopic (exact) mass is 337 g/mol. The topological polar surface area (TPSA) is 38.3 Å². The quantitative estimate of drug-likeness (QED) is 0.904. The Labute approximate surface area is 150 Å². The molecule has 2 aromatic carbocycles. The molecule has 2 aromatic rings. The standard InChI is InChI=1S/C22H27NO2/c1-15(13-16-5-10-20-18(14-16)11-12-25-20)23-21(24)17-6-8-19(9-7-17)22(2,3)4/h5-10,14-15H,11-13H2,1-4H3,(H,23,24). The van der Waals surface area contributed by atoms with E-state index >= 15 is 0 Å². The highest BCUT2D eigenvalue weighted by Gasteiger charge is 2.16. The number of fused-ring (bicyclic) bond motifs is 1. The third-order valence-corrected chi connectivity index (χ3v) is 4.69. The van der Waals surface area contributed by atoms with Crippen molar-refractivity contribution in [1.29, 1.82) is 0 Å². The van der Waals surface area contributed by atoms with Crippen LogP contribution in [0.3, 0.4) is 0 Å². The van der Waals surface area contributed by atoms with Gasteiger partial charge in [0.1, 0.15) is 5.75 Å². The maximum Gasteiger partial charge on any atom is 0.251 e. The molecule has 25 heavy (non-hydrogen) atoms. The zero-order chi connectivity index (χ0) is 18.0. The molecule has 1 unspecified atom stereocenters. The van der Waals surface area contributed by atoms with Crippen LogP contribution >= 0.6 is 0 Å². The van der Waals surface area contributed by atoms with Gasteiger partial charge in [-0.3, -0.25) is 4.79 Å². The molecule has 1 amide bonds. The fourth-order valence-electron chi connectivity index (χ4n) is 3.20. The lowest BCUT2D eigenvalue weighted by Crippen LogP contribution is -2.34. The van der Waals surface area contributed by atoms with Crippen LogP contribution in [0.2, 0.25) is 0 Å². The molecule has 1 aliphatic heterocycles. The Balaban J connectivity index is 1.60. The van der Waals surface area contributed by atoms with E-state index in [-0.39, 0.29) is 17.4 Å². The number of amides is 1. The number of ether oxygens (including phenoxy) is 1. The number of hydrogen-bond acceptors (Lipinski definition) is 2. The van der Waals surface area contributed by atoms with Crippen molar-refractivity contribution < 1.29 is 9.53 Å². The van der Waals surface area contributed by atoms with Crippen molar-refractivity contribution >= 4 is 5.91 Å². The molecule has 1 N–H and O–H groups in total. The van der Waals surface area contributed by atoms with E-state index in [4.69, 9.17) is 4.74 Å². The van der Waals surface area contributed by atoms with Crippen molar-refractivity contribution in [3.8, 4) is 5.75 Å². The number of hydrogen-bond donors (Lipinski definition) is 1. The average Bonchev–Trinajstić information content (AvgIpc) is 3.01. The number of nitrogens with one attached hydrogen (secondary N) is 1. The van der Waals surface area contributed by atoms with E-state index in [2.05, 4.69) is 38.2 Å². The van der Waals surface area contributed by atoms with Crippen LogP contribution in [0.4, 0.5) is 0 Å². The summed E-state index contributed by atoms with van der Waals surface area (Å²) < 4.78 is 5.54. The lowest BCUT2D eigenvalue weighted by Gasteiger charge is -2.19. The molecule has 3 heteroatoms. The highest BCUT2D eigenvalue weighted by Crippen LogP contribution is 2.26. The van der Waals surface area contributed by atoms with Crippen molar-refractivity contribution in [2.24, 2.45) is 0 Å². The van der Waals surface area contributed by atoms with E-state index in [1.165, 1.54) is 16.7 Å². The van der Waals surface area contributed by atoms with Gasteiger partial charge in [-0.05, 0) is 53.6 Å². The molecule has 0 saturated carbocycles. The predicted molar refractivity (Wildman–Crippen MR) is 101 cm³/mol. The molecular formula is C22H27NO2. The number of rotatable bonds is 4. The van der Waals surface area contributed by atoms with Gasteiger partial charge >= 0.3 is 0 Å². The predicted octanol–water partition coefficient (Wildman–Crippen LogP) is 4.28. The Morgan fingerprint density at radius 2 is 1.88 bits per heavy atom. The molecule has 3 nitrogen and oxygen atoms in total. The fourth-order valence-corrected chi connectivity index (χ4v) is 3.20. The van der Waals surface area contributed by atoms with E-state index in [9.17, 15) is 4.79 Å². The molecule has 0 aliphatic carbocycles. The number of carbonyl (C=O) groups is 1. The Bertz CT molecular complexity index is 757. The molecule has 0 spiro atoms.